The summed E-state index contributed by atoms with van der Waals surface area (Å²) in [7, 11) is 0. The molecule has 1 atom stereocenters. The first-order valence-corrected chi connectivity index (χ1v) is 6.62. The topological polar surface area (TPSA) is 39.1 Å². The van der Waals surface area contributed by atoms with Gasteiger partial charge < -0.3 is 0 Å². The second kappa shape index (κ2) is 5.51. The van der Waals surface area contributed by atoms with Crippen LogP contribution in [0.2, 0.25) is 0 Å². The first-order chi connectivity index (χ1) is 8.67. The lowest BCUT2D eigenvalue weighted by atomic mass is 10.0. The molecule has 1 unspecified atom stereocenters. The molecule has 1 aromatic carbocycles. The van der Waals surface area contributed by atoms with Gasteiger partial charge in [-0.1, -0.05) is 31.2 Å². The van der Waals surface area contributed by atoms with Crippen LogP contribution in [0.1, 0.15) is 31.4 Å². The number of nitriles is 1. The lowest BCUT2D eigenvalue weighted by molar-refractivity contribution is 0.224. The average molecular weight is 243 g/mol. The Kier molecular flexibility index (Phi) is 4.00. The van der Waals surface area contributed by atoms with Gasteiger partial charge in [0.15, 0.2) is 0 Å². The highest BCUT2D eigenvalue weighted by Gasteiger charge is 2.29. The molecule has 0 spiro atoms. The number of hydrogen-bond acceptors (Lipinski definition) is 3. The van der Waals surface area contributed by atoms with Gasteiger partial charge in [-0.2, -0.15) is 5.26 Å². The van der Waals surface area contributed by atoms with Crippen molar-refractivity contribution in [2.45, 2.75) is 38.9 Å². The largest absolute Gasteiger partial charge is 0.299 e. The van der Waals surface area contributed by atoms with Gasteiger partial charge in [0.05, 0.1) is 6.07 Å². The van der Waals surface area contributed by atoms with Crippen molar-refractivity contribution in [3.8, 4) is 6.07 Å². The third-order valence-corrected chi connectivity index (χ3v) is 3.46. The van der Waals surface area contributed by atoms with Crippen molar-refractivity contribution in [3.63, 3.8) is 0 Å². The van der Waals surface area contributed by atoms with E-state index < -0.39 is 5.54 Å². The Morgan fingerprint density at radius 2 is 1.94 bits per heavy atom. The molecule has 0 amide bonds. The molecular formula is C15H21N3. The van der Waals surface area contributed by atoms with Crippen LogP contribution in [0.4, 0.5) is 0 Å². The van der Waals surface area contributed by atoms with Crippen LogP contribution in [0.5, 0.6) is 0 Å². The first kappa shape index (κ1) is 13.1. The van der Waals surface area contributed by atoms with Crippen LogP contribution in [0, 0.1) is 11.3 Å². The molecule has 18 heavy (non-hydrogen) atoms. The fourth-order valence-electron chi connectivity index (χ4n) is 2.49. The van der Waals surface area contributed by atoms with Crippen molar-refractivity contribution in [1.29, 1.82) is 5.26 Å². The minimum absolute atomic E-state index is 0.446. The van der Waals surface area contributed by atoms with Crippen molar-refractivity contribution >= 4 is 0 Å². The first-order valence-electron chi connectivity index (χ1n) is 6.62. The average Bonchev–Trinajstić information content (AvgIpc) is 2.78. The predicted octanol–water partition coefficient (Wildman–Crippen LogP) is 2.28. The molecule has 2 rings (SSSR count). The number of fused-ring (bicyclic) bond motifs is 1. The summed E-state index contributed by atoms with van der Waals surface area (Å²) in [5.41, 5.74) is 2.35. The third kappa shape index (κ3) is 2.90. The summed E-state index contributed by atoms with van der Waals surface area (Å²) < 4.78 is 0. The summed E-state index contributed by atoms with van der Waals surface area (Å²) in [5.74, 6) is 0. The van der Waals surface area contributed by atoms with Gasteiger partial charge in [0.25, 0.3) is 0 Å². The summed E-state index contributed by atoms with van der Waals surface area (Å²) in [6, 6.07) is 10.9. The van der Waals surface area contributed by atoms with E-state index in [4.69, 9.17) is 0 Å². The summed E-state index contributed by atoms with van der Waals surface area (Å²) in [6.45, 7) is 7.70. The summed E-state index contributed by atoms with van der Waals surface area (Å²) in [6.07, 6.45) is 1.05. The number of nitrogens with zero attached hydrogens (tertiary/aromatic N) is 2. The van der Waals surface area contributed by atoms with Crippen LogP contribution in [0.3, 0.4) is 0 Å². The Balaban J connectivity index is 1.98. The molecule has 3 nitrogen and oxygen atoms in total. The highest BCUT2D eigenvalue weighted by molar-refractivity contribution is 5.30. The van der Waals surface area contributed by atoms with Gasteiger partial charge in [-0.3, -0.25) is 10.2 Å². The fourth-order valence-corrected chi connectivity index (χ4v) is 2.49. The molecule has 0 saturated heterocycles. The van der Waals surface area contributed by atoms with Crippen LogP contribution in [-0.4, -0.2) is 23.5 Å². The van der Waals surface area contributed by atoms with Gasteiger partial charge in [0.1, 0.15) is 5.54 Å². The molecule has 3 heteroatoms. The van der Waals surface area contributed by atoms with Crippen molar-refractivity contribution in [3.05, 3.63) is 35.4 Å². The van der Waals surface area contributed by atoms with E-state index in [0.717, 1.165) is 32.6 Å². The second-order valence-electron chi connectivity index (χ2n) is 5.28. The van der Waals surface area contributed by atoms with Crippen molar-refractivity contribution < 1.29 is 0 Å². The fraction of sp³-hybridized carbons (Fsp3) is 0.533. The Hall–Kier alpha value is -1.37. The van der Waals surface area contributed by atoms with E-state index in [2.05, 4.69) is 47.5 Å². The quantitative estimate of drug-likeness (QED) is 0.862. The van der Waals surface area contributed by atoms with E-state index in [0.29, 0.717) is 0 Å². The Bertz CT molecular complexity index is 424. The molecule has 0 bridgehead atoms. The van der Waals surface area contributed by atoms with E-state index in [1.54, 1.807) is 0 Å². The van der Waals surface area contributed by atoms with E-state index >= 15 is 0 Å². The van der Waals surface area contributed by atoms with E-state index in [9.17, 15) is 5.26 Å². The molecule has 1 aromatic rings. The number of nitrogens with one attached hydrogen (secondary N) is 1. The van der Waals surface area contributed by atoms with Gasteiger partial charge in [0, 0.05) is 19.6 Å². The van der Waals surface area contributed by atoms with Gasteiger partial charge in [-0.15, -0.1) is 0 Å². The molecule has 0 saturated carbocycles. The van der Waals surface area contributed by atoms with Gasteiger partial charge in [-0.05, 0) is 31.0 Å². The van der Waals surface area contributed by atoms with E-state index in [1.807, 2.05) is 6.92 Å². The Labute approximate surface area is 109 Å². The highest BCUT2D eigenvalue weighted by Crippen LogP contribution is 2.23. The Morgan fingerprint density at radius 1 is 1.33 bits per heavy atom. The monoisotopic (exact) mass is 243 g/mol. The van der Waals surface area contributed by atoms with Crippen LogP contribution < -0.4 is 5.32 Å². The summed E-state index contributed by atoms with van der Waals surface area (Å²) >= 11 is 0. The molecule has 1 aliphatic heterocycles. The molecular weight excluding hydrogens is 222 g/mol. The molecule has 0 aromatic heterocycles. The summed E-state index contributed by atoms with van der Waals surface area (Å²) in [5, 5.41) is 12.7. The zero-order valence-corrected chi connectivity index (χ0v) is 11.2. The van der Waals surface area contributed by atoms with E-state index in [-0.39, 0.29) is 0 Å². The maximum absolute atomic E-state index is 9.35. The molecule has 1 N–H and O–H groups in total. The molecule has 1 aliphatic rings. The molecule has 0 aliphatic carbocycles. The zero-order valence-electron chi connectivity index (χ0n) is 11.2. The van der Waals surface area contributed by atoms with Crippen LogP contribution in [0.15, 0.2) is 24.3 Å². The maximum atomic E-state index is 9.35. The summed E-state index contributed by atoms with van der Waals surface area (Å²) in [4.78, 5) is 2.34. The van der Waals surface area contributed by atoms with Crippen molar-refractivity contribution in [2.75, 3.05) is 13.1 Å². The van der Waals surface area contributed by atoms with Gasteiger partial charge in [0.2, 0.25) is 0 Å². The number of hydrogen-bond donors (Lipinski definition) is 1. The zero-order chi connectivity index (χ0) is 13.0. The third-order valence-electron chi connectivity index (χ3n) is 3.46. The highest BCUT2D eigenvalue weighted by atomic mass is 15.2. The van der Waals surface area contributed by atoms with Crippen molar-refractivity contribution in [1.82, 2.24) is 10.2 Å². The van der Waals surface area contributed by atoms with Gasteiger partial charge >= 0.3 is 0 Å². The lowest BCUT2D eigenvalue weighted by Crippen LogP contribution is -2.49. The number of benzene rings is 1. The normalized spacial score (nSPS) is 18.1. The number of rotatable bonds is 5. The standard InChI is InChI=1S/C15H21N3/c1-3-8-17-15(2,11-16)12-18-9-13-6-4-5-7-14(13)10-18/h4-7,17H,3,8-10,12H2,1-2H3. The maximum Gasteiger partial charge on any atom is 0.116 e. The minimum atomic E-state index is -0.446. The lowest BCUT2D eigenvalue weighted by Gasteiger charge is -2.28. The SMILES string of the molecule is CCCNC(C)(C#N)CN1Cc2ccccc2C1. The van der Waals surface area contributed by atoms with Gasteiger partial charge in [-0.25, -0.2) is 0 Å². The van der Waals surface area contributed by atoms with Crippen LogP contribution in [0.25, 0.3) is 0 Å². The van der Waals surface area contributed by atoms with Crippen molar-refractivity contribution in [2.24, 2.45) is 0 Å². The molecule has 0 radical (unpaired) electrons. The van der Waals surface area contributed by atoms with Crippen LogP contribution in [-0.2, 0) is 13.1 Å². The Morgan fingerprint density at radius 3 is 2.44 bits per heavy atom. The van der Waals surface area contributed by atoms with E-state index in [1.165, 1.54) is 11.1 Å². The second-order valence-corrected chi connectivity index (χ2v) is 5.28. The smallest absolute Gasteiger partial charge is 0.116 e. The predicted molar refractivity (Wildman–Crippen MR) is 72.9 cm³/mol. The van der Waals surface area contributed by atoms with Crippen LogP contribution >= 0.6 is 0 Å². The minimum Gasteiger partial charge on any atom is -0.299 e. The molecule has 96 valence electrons. The molecule has 0 fully saturated rings. The molecule has 1 heterocycles.